The van der Waals surface area contributed by atoms with E-state index in [-0.39, 0.29) is 24.5 Å². The number of allylic oxidation sites excluding steroid dienone is 1. The molecule has 20 heavy (non-hydrogen) atoms. The molecule has 0 aromatic carbocycles. The van der Waals surface area contributed by atoms with Crippen LogP contribution in [0.3, 0.4) is 0 Å². The number of aliphatic hydroxyl groups excluding tert-OH is 1. The van der Waals surface area contributed by atoms with Crippen LogP contribution >= 0.6 is 11.3 Å². The van der Waals surface area contributed by atoms with Gasteiger partial charge in [-0.25, -0.2) is 4.98 Å². The molecule has 0 aliphatic rings. The average Bonchev–Trinajstić information content (AvgIpc) is 2.87. The molecular formula is C12H15N3O4S. The van der Waals surface area contributed by atoms with Crippen LogP contribution < -0.4 is 5.32 Å². The highest BCUT2D eigenvalue weighted by molar-refractivity contribution is 7.13. The van der Waals surface area contributed by atoms with Crippen LogP contribution in [0.4, 0.5) is 5.13 Å². The molecule has 0 aliphatic heterocycles. The molecule has 0 aliphatic carbocycles. The Kier molecular flexibility index (Phi) is 6.38. The molecule has 1 aromatic rings. The topological polar surface area (TPSA) is 101 Å². The second-order valence-corrected chi connectivity index (χ2v) is 4.46. The van der Waals surface area contributed by atoms with Crippen molar-refractivity contribution in [2.24, 2.45) is 4.99 Å². The summed E-state index contributed by atoms with van der Waals surface area (Å²) in [6, 6.07) is 0. The van der Waals surface area contributed by atoms with Crippen LogP contribution in [-0.4, -0.2) is 41.3 Å². The lowest BCUT2D eigenvalue weighted by atomic mass is 10.2. The van der Waals surface area contributed by atoms with E-state index in [4.69, 9.17) is 0 Å². The maximum Gasteiger partial charge on any atom is 0.327 e. The number of esters is 1. The van der Waals surface area contributed by atoms with Gasteiger partial charge in [0.1, 0.15) is 12.3 Å². The Hall–Kier alpha value is -2.22. The van der Waals surface area contributed by atoms with Gasteiger partial charge in [-0.2, -0.15) is 0 Å². The van der Waals surface area contributed by atoms with Gasteiger partial charge < -0.3 is 9.84 Å². The molecule has 0 saturated heterocycles. The number of amides is 1. The van der Waals surface area contributed by atoms with Gasteiger partial charge in [-0.1, -0.05) is 0 Å². The Morgan fingerprint density at radius 1 is 1.60 bits per heavy atom. The van der Waals surface area contributed by atoms with Gasteiger partial charge in [0.2, 0.25) is 0 Å². The molecule has 0 radical (unpaired) electrons. The minimum atomic E-state index is -0.549. The molecule has 0 unspecified atom stereocenters. The number of aliphatic imine (C=N–C) groups is 1. The number of carbonyl (C=O) groups excluding carboxylic acids is 2. The summed E-state index contributed by atoms with van der Waals surface area (Å²) in [5.74, 6) is -1.25. The lowest BCUT2D eigenvalue weighted by Crippen LogP contribution is -2.17. The van der Waals surface area contributed by atoms with E-state index in [0.717, 1.165) is 6.21 Å². The standard InChI is InChI=1S/C12H15N3O4S/c1-3-19-10(17)7-13-6-9(8(2)16)11(18)15-12-14-4-5-20-12/h4-6,16H,3,7H2,1-2H3,(H,14,15,18)/b9-8-,13-6?. The predicted molar refractivity (Wildman–Crippen MR) is 76.1 cm³/mol. The third-order valence-electron chi connectivity index (χ3n) is 2.03. The molecule has 0 atom stereocenters. The molecule has 2 N–H and O–H groups in total. The van der Waals surface area contributed by atoms with E-state index in [1.165, 1.54) is 18.3 Å². The highest BCUT2D eigenvalue weighted by Gasteiger charge is 2.12. The van der Waals surface area contributed by atoms with E-state index >= 15 is 0 Å². The maximum atomic E-state index is 11.9. The van der Waals surface area contributed by atoms with E-state index < -0.39 is 11.9 Å². The molecule has 108 valence electrons. The normalized spacial score (nSPS) is 12.1. The molecular weight excluding hydrogens is 282 g/mol. The summed E-state index contributed by atoms with van der Waals surface area (Å²) in [4.78, 5) is 30.6. The third-order valence-corrected chi connectivity index (χ3v) is 2.72. The quantitative estimate of drug-likeness (QED) is 0.359. The Morgan fingerprint density at radius 3 is 2.90 bits per heavy atom. The second-order valence-electron chi connectivity index (χ2n) is 3.57. The van der Waals surface area contributed by atoms with Gasteiger partial charge in [0, 0.05) is 17.8 Å². The van der Waals surface area contributed by atoms with Crippen molar-refractivity contribution in [3.8, 4) is 0 Å². The number of nitrogens with one attached hydrogen (secondary N) is 1. The number of hydrogen-bond donors (Lipinski definition) is 2. The van der Waals surface area contributed by atoms with Crippen LogP contribution in [0.1, 0.15) is 13.8 Å². The van der Waals surface area contributed by atoms with Gasteiger partial charge in [-0.15, -0.1) is 11.3 Å². The van der Waals surface area contributed by atoms with Crippen molar-refractivity contribution in [3.05, 3.63) is 22.9 Å². The van der Waals surface area contributed by atoms with E-state index in [2.05, 4.69) is 20.0 Å². The third kappa shape index (κ3) is 5.19. The zero-order valence-corrected chi connectivity index (χ0v) is 11.9. The highest BCUT2D eigenvalue weighted by Crippen LogP contribution is 2.12. The summed E-state index contributed by atoms with van der Waals surface area (Å²) in [6.45, 7) is 3.09. The second kappa shape index (κ2) is 8.05. The Bertz CT molecular complexity index is 519. The van der Waals surface area contributed by atoms with E-state index in [9.17, 15) is 14.7 Å². The van der Waals surface area contributed by atoms with Gasteiger partial charge in [0.15, 0.2) is 5.13 Å². The molecule has 7 nitrogen and oxygen atoms in total. The predicted octanol–water partition coefficient (Wildman–Crippen LogP) is 1.55. The molecule has 0 bridgehead atoms. The summed E-state index contributed by atoms with van der Waals surface area (Å²) in [5.41, 5.74) is -0.0375. The zero-order valence-electron chi connectivity index (χ0n) is 11.1. The number of rotatable bonds is 6. The van der Waals surface area contributed by atoms with Crippen molar-refractivity contribution in [3.63, 3.8) is 0 Å². The van der Waals surface area contributed by atoms with Crippen LogP contribution in [0.2, 0.25) is 0 Å². The van der Waals surface area contributed by atoms with Gasteiger partial charge in [-0.3, -0.25) is 19.9 Å². The molecule has 8 heteroatoms. The van der Waals surface area contributed by atoms with Crippen molar-refractivity contribution >= 4 is 34.6 Å². The van der Waals surface area contributed by atoms with Gasteiger partial charge in [-0.05, 0) is 13.8 Å². The Balaban J connectivity index is 2.66. The van der Waals surface area contributed by atoms with Crippen molar-refractivity contribution in [2.45, 2.75) is 13.8 Å². The lowest BCUT2D eigenvalue weighted by molar-refractivity contribution is -0.141. The van der Waals surface area contributed by atoms with E-state index in [1.807, 2.05) is 0 Å². The SMILES string of the molecule is CCOC(=O)CN=C/C(C(=O)Nc1nccs1)=C(\C)O. The van der Waals surface area contributed by atoms with Crippen LogP contribution in [0.15, 0.2) is 27.9 Å². The summed E-state index contributed by atoms with van der Waals surface area (Å²) in [5, 5.41) is 14.1. The smallest absolute Gasteiger partial charge is 0.327 e. The van der Waals surface area contributed by atoms with Crippen molar-refractivity contribution < 1.29 is 19.4 Å². The summed E-state index contributed by atoms with van der Waals surface area (Å²) < 4.78 is 4.69. The van der Waals surface area contributed by atoms with Crippen LogP contribution in [0.25, 0.3) is 0 Å². The van der Waals surface area contributed by atoms with Crippen molar-refractivity contribution in [1.29, 1.82) is 0 Å². The van der Waals surface area contributed by atoms with Gasteiger partial charge in [0.25, 0.3) is 5.91 Å². The zero-order chi connectivity index (χ0) is 15.0. The summed E-state index contributed by atoms with van der Waals surface area (Å²) in [7, 11) is 0. The minimum Gasteiger partial charge on any atom is -0.512 e. The monoisotopic (exact) mass is 297 g/mol. The number of carbonyl (C=O) groups is 2. The molecule has 1 heterocycles. The number of nitrogens with zero attached hydrogens (tertiary/aromatic N) is 2. The maximum absolute atomic E-state index is 11.9. The van der Waals surface area contributed by atoms with E-state index in [1.54, 1.807) is 18.5 Å². The molecule has 1 rings (SSSR count). The molecule has 0 fully saturated rings. The number of aromatic nitrogens is 1. The first-order valence-corrected chi connectivity index (χ1v) is 6.68. The summed E-state index contributed by atoms with van der Waals surface area (Å²) in [6.07, 6.45) is 2.68. The minimum absolute atomic E-state index is 0.0375. The highest BCUT2D eigenvalue weighted by atomic mass is 32.1. The Labute approximate surface area is 120 Å². The Morgan fingerprint density at radius 2 is 2.35 bits per heavy atom. The van der Waals surface area contributed by atoms with Crippen LogP contribution in [-0.2, 0) is 14.3 Å². The van der Waals surface area contributed by atoms with E-state index in [0.29, 0.717) is 5.13 Å². The van der Waals surface area contributed by atoms with Gasteiger partial charge in [0.05, 0.1) is 12.2 Å². The number of anilines is 1. The fraction of sp³-hybridized carbons (Fsp3) is 0.333. The van der Waals surface area contributed by atoms with Crippen LogP contribution in [0, 0.1) is 0 Å². The molecule has 0 saturated carbocycles. The molecule has 1 aromatic heterocycles. The van der Waals surface area contributed by atoms with Crippen molar-refractivity contribution in [2.75, 3.05) is 18.5 Å². The van der Waals surface area contributed by atoms with Crippen LogP contribution in [0.5, 0.6) is 0 Å². The molecule has 1 amide bonds. The number of ether oxygens (including phenoxy) is 1. The first-order chi connectivity index (χ1) is 9.54. The fourth-order valence-electron chi connectivity index (χ4n) is 1.18. The summed E-state index contributed by atoms with van der Waals surface area (Å²) >= 11 is 1.25. The lowest BCUT2D eigenvalue weighted by Gasteiger charge is -2.03. The fourth-order valence-corrected chi connectivity index (χ4v) is 1.71. The van der Waals surface area contributed by atoms with Gasteiger partial charge >= 0.3 is 5.97 Å². The number of aliphatic hydroxyl groups is 1. The first kappa shape index (κ1) is 15.8. The molecule has 0 spiro atoms. The number of thiazole rings is 1. The number of hydrogen-bond acceptors (Lipinski definition) is 7. The van der Waals surface area contributed by atoms with Crippen molar-refractivity contribution in [1.82, 2.24) is 4.98 Å². The average molecular weight is 297 g/mol. The first-order valence-electron chi connectivity index (χ1n) is 5.80. The largest absolute Gasteiger partial charge is 0.512 e.